The molecule has 3 rings (SSSR count). The van der Waals surface area contributed by atoms with Crippen LogP contribution in [0.1, 0.15) is 53.4 Å². The van der Waals surface area contributed by atoms with Crippen molar-refractivity contribution in [2.75, 3.05) is 48.5 Å². The van der Waals surface area contributed by atoms with Gasteiger partial charge in [-0.25, -0.2) is 9.97 Å². The first-order valence-electron chi connectivity index (χ1n) is 10.4. The highest BCUT2D eigenvalue weighted by Gasteiger charge is 2.32. The Morgan fingerprint density at radius 1 is 1.32 bits per heavy atom. The van der Waals surface area contributed by atoms with Gasteiger partial charge in [-0.15, -0.1) is 0 Å². The van der Waals surface area contributed by atoms with E-state index in [0.717, 1.165) is 56.2 Å². The number of hydrogen-bond acceptors (Lipinski definition) is 8. The van der Waals surface area contributed by atoms with Crippen LogP contribution in [-0.2, 0) is 9.47 Å². The number of rotatable bonds is 10. The third-order valence-corrected chi connectivity index (χ3v) is 5.53. The number of nitrogens with two attached hydrogens (primary N) is 1. The summed E-state index contributed by atoms with van der Waals surface area (Å²) in [5.41, 5.74) is 6.53. The van der Waals surface area contributed by atoms with Crippen molar-refractivity contribution in [3.8, 4) is 0 Å². The van der Waals surface area contributed by atoms with Gasteiger partial charge in [0, 0.05) is 19.8 Å². The number of ether oxygens (including phenoxy) is 2. The minimum atomic E-state index is -0.165. The molecule has 1 saturated heterocycles. The summed E-state index contributed by atoms with van der Waals surface area (Å²) in [6.07, 6.45) is 5.71. The van der Waals surface area contributed by atoms with E-state index in [1.54, 1.807) is 6.33 Å². The second kappa shape index (κ2) is 8.80. The predicted octanol–water partition coefficient (Wildman–Crippen LogP) is 2.77. The number of nitrogens with zero attached hydrogens (tertiary/aromatic N) is 3. The average molecular weight is 393 g/mol. The molecule has 0 radical (unpaired) electrons. The lowest BCUT2D eigenvalue weighted by atomic mass is 9.89. The van der Waals surface area contributed by atoms with Crippen molar-refractivity contribution in [1.82, 2.24) is 9.97 Å². The van der Waals surface area contributed by atoms with Gasteiger partial charge >= 0.3 is 0 Å². The molecule has 8 nitrogen and oxygen atoms in total. The summed E-state index contributed by atoms with van der Waals surface area (Å²) in [5.74, 6) is 1.78. The van der Waals surface area contributed by atoms with Gasteiger partial charge in [-0.2, -0.15) is 0 Å². The van der Waals surface area contributed by atoms with Crippen LogP contribution >= 0.6 is 0 Å². The molecule has 4 N–H and O–H groups in total. The summed E-state index contributed by atoms with van der Waals surface area (Å²) < 4.78 is 11.9. The molecule has 0 unspecified atom stereocenters. The molecular weight excluding hydrogens is 356 g/mol. The van der Waals surface area contributed by atoms with Gasteiger partial charge < -0.3 is 30.7 Å². The van der Waals surface area contributed by atoms with Gasteiger partial charge in [0.25, 0.3) is 0 Å². The molecule has 0 spiro atoms. The highest BCUT2D eigenvalue weighted by Crippen LogP contribution is 2.37. The summed E-state index contributed by atoms with van der Waals surface area (Å²) in [5, 5.41) is 6.94. The summed E-state index contributed by atoms with van der Waals surface area (Å²) in [7, 11) is 0. The molecule has 0 aromatic carbocycles. The van der Waals surface area contributed by atoms with Gasteiger partial charge in [0.15, 0.2) is 11.6 Å². The molecular formula is C20H36N6O2. The monoisotopic (exact) mass is 392 g/mol. The Kier molecular flexibility index (Phi) is 6.62. The minimum Gasteiger partial charge on any atom is -0.376 e. The Labute approximate surface area is 168 Å². The van der Waals surface area contributed by atoms with Crippen molar-refractivity contribution in [3.63, 3.8) is 0 Å². The Morgan fingerprint density at radius 3 is 2.86 bits per heavy atom. The Bertz CT molecular complexity index is 646. The zero-order valence-corrected chi connectivity index (χ0v) is 17.8. The topological polar surface area (TPSA) is 97.6 Å². The number of hydrogen-bond donors (Lipinski definition) is 3. The van der Waals surface area contributed by atoms with Crippen molar-refractivity contribution >= 4 is 17.3 Å². The second-order valence-corrected chi connectivity index (χ2v) is 9.11. The average Bonchev–Trinajstić information content (AvgIpc) is 3.28. The highest BCUT2D eigenvalue weighted by atomic mass is 16.5. The van der Waals surface area contributed by atoms with Crippen LogP contribution in [-0.4, -0.2) is 54.8 Å². The van der Waals surface area contributed by atoms with Gasteiger partial charge in [0.1, 0.15) is 18.2 Å². The molecule has 8 heteroatoms. The summed E-state index contributed by atoms with van der Waals surface area (Å²) >= 11 is 0. The smallest absolute Gasteiger partial charge is 0.161 e. The van der Waals surface area contributed by atoms with Crippen LogP contribution in [0.15, 0.2) is 6.33 Å². The van der Waals surface area contributed by atoms with Crippen LogP contribution < -0.4 is 21.3 Å². The maximum Gasteiger partial charge on any atom is 0.161 e. The lowest BCUT2D eigenvalue weighted by molar-refractivity contribution is -0.0316. The number of aromatic nitrogens is 2. The molecule has 28 heavy (non-hydrogen) atoms. The number of anilines is 3. The lowest BCUT2D eigenvalue weighted by Gasteiger charge is -2.29. The molecule has 1 atom stereocenters. The van der Waals surface area contributed by atoms with Gasteiger partial charge in [0.2, 0.25) is 0 Å². The number of fused-ring (bicyclic) bond motifs is 1. The van der Waals surface area contributed by atoms with Gasteiger partial charge in [-0.1, -0.05) is 13.8 Å². The van der Waals surface area contributed by atoms with Crippen molar-refractivity contribution in [2.24, 2.45) is 11.1 Å². The molecule has 1 fully saturated rings. The fraction of sp³-hybridized carbons (Fsp3) is 0.800. The van der Waals surface area contributed by atoms with E-state index in [1.807, 2.05) is 0 Å². The maximum atomic E-state index is 6.04. The maximum absolute atomic E-state index is 6.04. The van der Waals surface area contributed by atoms with E-state index >= 15 is 0 Å². The van der Waals surface area contributed by atoms with Crippen LogP contribution in [0.3, 0.4) is 0 Å². The standard InChI is InChI=1S/C20H36N6O2/c1-19(2,8-11-28-20(3,4)7-9-21)12-22-17-16-18(24-13-23-17)26(14-25-16)15-6-5-10-27-15/h13,15,25H,5-12,14,21H2,1-4H3,(H,22,23,24)/t15-/m1/s1. The van der Waals surface area contributed by atoms with Crippen molar-refractivity contribution in [3.05, 3.63) is 6.33 Å². The molecule has 0 bridgehead atoms. The first-order chi connectivity index (χ1) is 13.3. The zero-order valence-electron chi connectivity index (χ0n) is 17.8. The fourth-order valence-corrected chi connectivity index (χ4v) is 3.61. The molecule has 2 aliphatic heterocycles. The highest BCUT2D eigenvalue weighted by molar-refractivity contribution is 5.81. The van der Waals surface area contributed by atoms with Crippen LogP contribution in [0.4, 0.5) is 17.3 Å². The molecule has 0 amide bonds. The second-order valence-electron chi connectivity index (χ2n) is 9.11. The van der Waals surface area contributed by atoms with Gasteiger partial charge in [-0.3, -0.25) is 0 Å². The third-order valence-electron chi connectivity index (χ3n) is 5.53. The van der Waals surface area contributed by atoms with Gasteiger partial charge in [-0.05, 0) is 51.5 Å². The van der Waals surface area contributed by atoms with E-state index in [1.165, 1.54) is 0 Å². The molecule has 0 saturated carbocycles. The normalized spacial score (nSPS) is 19.6. The summed E-state index contributed by atoms with van der Waals surface area (Å²) in [6, 6.07) is 0. The van der Waals surface area contributed by atoms with E-state index in [-0.39, 0.29) is 17.2 Å². The van der Waals surface area contributed by atoms with E-state index in [0.29, 0.717) is 19.8 Å². The van der Waals surface area contributed by atoms with Crippen molar-refractivity contribution in [1.29, 1.82) is 0 Å². The SMILES string of the molecule is CC(C)(CCOC(C)(C)CCN)CNc1ncnc2c1NCN2[C@H]1CCCO1. The predicted molar refractivity (Wildman–Crippen MR) is 113 cm³/mol. The summed E-state index contributed by atoms with van der Waals surface area (Å²) in [6.45, 7) is 12.4. The van der Waals surface area contributed by atoms with Crippen LogP contribution in [0.25, 0.3) is 0 Å². The lowest BCUT2D eigenvalue weighted by Crippen LogP contribution is -2.34. The zero-order chi connectivity index (χ0) is 20.2. The largest absolute Gasteiger partial charge is 0.376 e. The van der Waals surface area contributed by atoms with E-state index in [2.05, 4.69) is 53.2 Å². The fourth-order valence-electron chi connectivity index (χ4n) is 3.61. The van der Waals surface area contributed by atoms with Crippen LogP contribution in [0.2, 0.25) is 0 Å². The first kappa shape index (κ1) is 21.1. The van der Waals surface area contributed by atoms with E-state index in [4.69, 9.17) is 15.2 Å². The Morgan fingerprint density at radius 2 is 2.14 bits per heavy atom. The quantitative estimate of drug-likeness (QED) is 0.559. The molecule has 3 heterocycles. The van der Waals surface area contributed by atoms with Gasteiger partial charge in [0.05, 0.1) is 12.3 Å². The van der Waals surface area contributed by atoms with Crippen LogP contribution in [0.5, 0.6) is 0 Å². The molecule has 0 aliphatic carbocycles. The van der Waals surface area contributed by atoms with Crippen LogP contribution in [0, 0.1) is 5.41 Å². The minimum absolute atomic E-state index is 0.0729. The molecule has 2 aliphatic rings. The van der Waals surface area contributed by atoms with E-state index in [9.17, 15) is 0 Å². The van der Waals surface area contributed by atoms with Crippen molar-refractivity contribution < 1.29 is 9.47 Å². The Balaban J connectivity index is 1.54. The third kappa shape index (κ3) is 5.24. The number of nitrogens with one attached hydrogen (secondary N) is 2. The molecule has 1 aromatic rings. The Hall–Kier alpha value is -1.64. The van der Waals surface area contributed by atoms with E-state index < -0.39 is 0 Å². The molecule has 1 aromatic heterocycles. The molecule has 158 valence electrons. The van der Waals surface area contributed by atoms with Crippen molar-refractivity contribution in [2.45, 2.75) is 65.2 Å². The first-order valence-corrected chi connectivity index (χ1v) is 10.4. The summed E-state index contributed by atoms with van der Waals surface area (Å²) in [4.78, 5) is 11.1.